The molecule has 0 aliphatic heterocycles. The third-order valence-electron chi connectivity index (χ3n) is 3.25. The third kappa shape index (κ3) is 3.07. The molecule has 3 heteroatoms. The first-order valence-corrected chi connectivity index (χ1v) is 5.98. The lowest BCUT2D eigenvalue weighted by Crippen LogP contribution is -2.06. The maximum atomic E-state index is 10.8. The number of hydrogen-bond donors (Lipinski definition) is 1. The summed E-state index contributed by atoms with van der Waals surface area (Å²) >= 11 is 0. The Morgan fingerprint density at radius 1 is 1.53 bits per heavy atom. The van der Waals surface area contributed by atoms with E-state index in [0.717, 1.165) is 17.5 Å². The number of aliphatic hydroxyl groups is 1. The van der Waals surface area contributed by atoms with Gasteiger partial charge >= 0.3 is 5.97 Å². The van der Waals surface area contributed by atoms with Crippen LogP contribution >= 0.6 is 0 Å². The second-order valence-electron chi connectivity index (χ2n) is 4.75. The molecule has 1 fully saturated rings. The van der Waals surface area contributed by atoms with Crippen LogP contribution in [-0.4, -0.2) is 17.2 Å². The number of rotatable bonds is 4. The van der Waals surface area contributed by atoms with Crippen molar-refractivity contribution in [3.05, 3.63) is 35.4 Å². The molecule has 0 aromatic heterocycles. The second kappa shape index (κ2) is 4.88. The molecule has 1 aliphatic rings. The number of carbonyl (C=O) groups is 1. The predicted octanol–water partition coefficient (Wildman–Crippen LogP) is 2.37. The molecule has 1 aromatic rings. The lowest BCUT2D eigenvalue weighted by molar-refractivity contribution is -0.142. The van der Waals surface area contributed by atoms with Crippen molar-refractivity contribution in [2.45, 2.75) is 38.9 Å². The Hall–Kier alpha value is -1.35. The molecule has 0 bridgehead atoms. The number of esters is 1. The summed E-state index contributed by atoms with van der Waals surface area (Å²) < 4.78 is 5.09. The van der Waals surface area contributed by atoms with E-state index in [0.29, 0.717) is 12.3 Å². The lowest BCUT2D eigenvalue weighted by Gasteiger charge is -2.13. The van der Waals surface area contributed by atoms with Gasteiger partial charge in [-0.2, -0.15) is 0 Å². The van der Waals surface area contributed by atoms with E-state index >= 15 is 0 Å². The molecule has 0 saturated heterocycles. The fraction of sp³-hybridized carbons (Fsp3) is 0.500. The van der Waals surface area contributed by atoms with Crippen molar-refractivity contribution in [1.82, 2.24) is 0 Å². The van der Waals surface area contributed by atoms with E-state index in [9.17, 15) is 9.90 Å². The first-order chi connectivity index (χ1) is 8.08. The van der Waals surface area contributed by atoms with Gasteiger partial charge in [0.25, 0.3) is 0 Å². The molecule has 0 radical (unpaired) electrons. The Balaban J connectivity index is 1.89. The standard InChI is InChI=1S/C14H18O3/c1-9-5-3-4-6-12(9)13(16)7-11-8-14(11)17-10(2)15/h3-6,11,13-14,16H,7-8H2,1-2H3/t11-,13-,14+/m0/s1. The zero-order valence-electron chi connectivity index (χ0n) is 10.2. The highest BCUT2D eigenvalue weighted by Crippen LogP contribution is 2.41. The van der Waals surface area contributed by atoms with E-state index in [2.05, 4.69) is 0 Å². The number of aliphatic hydroxyl groups excluding tert-OH is 1. The summed E-state index contributed by atoms with van der Waals surface area (Å²) in [5.41, 5.74) is 2.07. The van der Waals surface area contributed by atoms with Crippen molar-refractivity contribution >= 4 is 5.97 Å². The molecule has 0 unspecified atom stereocenters. The maximum absolute atomic E-state index is 10.8. The van der Waals surface area contributed by atoms with Gasteiger partial charge in [-0.1, -0.05) is 24.3 Å². The average molecular weight is 234 g/mol. The molecule has 3 atom stereocenters. The van der Waals surface area contributed by atoms with Gasteiger partial charge < -0.3 is 9.84 Å². The van der Waals surface area contributed by atoms with Crippen LogP contribution < -0.4 is 0 Å². The average Bonchev–Trinajstić information content (AvgIpc) is 2.95. The zero-order chi connectivity index (χ0) is 12.4. The quantitative estimate of drug-likeness (QED) is 0.813. The van der Waals surface area contributed by atoms with Crippen molar-refractivity contribution in [3.8, 4) is 0 Å². The maximum Gasteiger partial charge on any atom is 0.302 e. The van der Waals surface area contributed by atoms with Gasteiger partial charge in [-0.25, -0.2) is 0 Å². The second-order valence-corrected chi connectivity index (χ2v) is 4.75. The van der Waals surface area contributed by atoms with Gasteiger partial charge in [0.2, 0.25) is 0 Å². The zero-order valence-corrected chi connectivity index (χ0v) is 10.2. The largest absolute Gasteiger partial charge is 0.462 e. The summed E-state index contributed by atoms with van der Waals surface area (Å²) in [5.74, 6) is 0.0800. The van der Waals surface area contributed by atoms with E-state index < -0.39 is 6.10 Å². The Labute approximate surface area is 101 Å². The lowest BCUT2D eigenvalue weighted by atomic mass is 9.99. The van der Waals surface area contributed by atoms with Crippen molar-refractivity contribution in [3.63, 3.8) is 0 Å². The van der Waals surface area contributed by atoms with Crippen molar-refractivity contribution in [2.24, 2.45) is 5.92 Å². The highest BCUT2D eigenvalue weighted by atomic mass is 16.5. The Morgan fingerprint density at radius 3 is 2.88 bits per heavy atom. The van der Waals surface area contributed by atoms with E-state index in [1.165, 1.54) is 6.92 Å². The van der Waals surface area contributed by atoms with E-state index in [1.807, 2.05) is 31.2 Å². The predicted molar refractivity (Wildman–Crippen MR) is 64.4 cm³/mol. The molecule has 1 aromatic carbocycles. The molecular weight excluding hydrogens is 216 g/mol. The van der Waals surface area contributed by atoms with Crippen molar-refractivity contribution < 1.29 is 14.6 Å². The molecular formula is C14H18O3. The fourth-order valence-corrected chi connectivity index (χ4v) is 2.20. The first-order valence-electron chi connectivity index (χ1n) is 5.98. The Morgan fingerprint density at radius 2 is 2.24 bits per heavy atom. The van der Waals surface area contributed by atoms with Gasteiger partial charge in [0.15, 0.2) is 0 Å². The number of hydrogen-bond acceptors (Lipinski definition) is 3. The Bertz CT molecular complexity index is 414. The fourth-order valence-electron chi connectivity index (χ4n) is 2.20. The van der Waals surface area contributed by atoms with E-state index in [-0.39, 0.29) is 12.1 Å². The number of aryl methyl sites for hydroxylation is 1. The summed E-state index contributed by atoms with van der Waals surface area (Å²) in [6, 6.07) is 7.84. The van der Waals surface area contributed by atoms with Crippen molar-refractivity contribution in [1.29, 1.82) is 0 Å². The molecule has 1 N–H and O–H groups in total. The molecule has 0 amide bonds. The third-order valence-corrected chi connectivity index (χ3v) is 3.25. The Kier molecular flexibility index (Phi) is 3.48. The SMILES string of the molecule is CC(=O)O[C@@H]1C[C@@H]1C[C@H](O)c1ccccc1C. The van der Waals surface area contributed by atoms with E-state index in [4.69, 9.17) is 4.74 Å². The molecule has 92 valence electrons. The minimum absolute atomic E-state index is 0.0196. The van der Waals surface area contributed by atoms with Gasteiger partial charge in [-0.05, 0) is 30.9 Å². The topological polar surface area (TPSA) is 46.5 Å². The van der Waals surface area contributed by atoms with Crippen LogP contribution in [0.1, 0.15) is 37.0 Å². The molecule has 17 heavy (non-hydrogen) atoms. The van der Waals surface area contributed by atoms with Gasteiger partial charge in [0.1, 0.15) is 6.10 Å². The minimum Gasteiger partial charge on any atom is -0.462 e. The molecule has 1 saturated carbocycles. The summed E-state index contributed by atoms with van der Waals surface area (Å²) in [6.07, 6.45) is 1.11. The first kappa shape index (κ1) is 12.1. The molecule has 1 aliphatic carbocycles. The van der Waals surface area contributed by atoms with Gasteiger partial charge in [-0.3, -0.25) is 4.79 Å². The highest BCUT2D eigenvalue weighted by molar-refractivity contribution is 5.66. The van der Waals surface area contributed by atoms with Gasteiger partial charge in [0.05, 0.1) is 6.10 Å². The summed E-state index contributed by atoms with van der Waals surface area (Å²) in [7, 11) is 0. The van der Waals surface area contributed by atoms with Crippen LogP contribution in [0.2, 0.25) is 0 Å². The van der Waals surface area contributed by atoms with Gasteiger partial charge in [-0.15, -0.1) is 0 Å². The van der Waals surface area contributed by atoms with Crippen LogP contribution in [0.15, 0.2) is 24.3 Å². The van der Waals surface area contributed by atoms with Crippen molar-refractivity contribution in [2.75, 3.05) is 0 Å². The monoisotopic (exact) mass is 234 g/mol. The van der Waals surface area contributed by atoms with Crippen LogP contribution in [0.4, 0.5) is 0 Å². The number of ether oxygens (including phenoxy) is 1. The highest BCUT2D eigenvalue weighted by Gasteiger charge is 2.41. The van der Waals surface area contributed by atoms with E-state index in [1.54, 1.807) is 0 Å². The minimum atomic E-state index is -0.457. The van der Waals surface area contributed by atoms with Gasteiger partial charge in [0, 0.05) is 12.8 Å². The van der Waals surface area contributed by atoms with Crippen LogP contribution in [-0.2, 0) is 9.53 Å². The smallest absolute Gasteiger partial charge is 0.302 e. The van der Waals surface area contributed by atoms with Crippen LogP contribution in [0, 0.1) is 12.8 Å². The molecule has 0 heterocycles. The number of benzene rings is 1. The summed E-state index contributed by atoms with van der Waals surface area (Å²) in [4.78, 5) is 10.8. The summed E-state index contributed by atoms with van der Waals surface area (Å²) in [6.45, 7) is 3.42. The molecule has 0 spiro atoms. The van der Waals surface area contributed by atoms with Crippen LogP contribution in [0.3, 0.4) is 0 Å². The molecule has 3 nitrogen and oxygen atoms in total. The molecule has 2 rings (SSSR count). The van der Waals surface area contributed by atoms with Crippen LogP contribution in [0.5, 0.6) is 0 Å². The van der Waals surface area contributed by atoms with Crippen LogP contribution in [0.25, 0.3) is 0 Å². The summed E-state index contributed by atoms with van der Waals surface area (Å²) in [5, 5.41) is 10.1. The normalized spacial score (nSPS) is 24.2. The number of carbonyl (C=O) groups excluding carboxylic acids is 1.